The molecule has 0 unspecified atom stereocenters. The lowest BCUT2D eigenvalue weighted by molar-refractivity contribution is -0.277. The minimum Gasteiger partial charge on any atom is -0.462 e. The first kappa shape index (κ1) is 18.0. The van der Waals surface area contributed by atoms with Crippen molar-refractivity contribution in [1.29, 1.82) is 0 Å². The van der Waals surface area contributed by atoms with Gasteiger partial charge in [-0.25, -0.2) is 0 Å². The van der Waals surface area contributed by atoms with E-state index < -0.39 is 37.3 Å². The molecule has 0 aliphatic carbocycles. The second-order valence-electron chi connectivity index (χ2n) is 5.05. The fourth-order valence-electron chi connectivity index (χ4n) is 2.12. The Morgan fingerprint density at radius 3 is 2.39 bits per heavy atom. The summed E-state index contributed by atoms with van der Waals surface area (Å²) in [5, 5.41) is 41.0. The first-order chi connectivity index (χ1) is 11.0. The largest absolute Gasteiger partial charge is 0.462 e. The molecule has 0 aromatic heterocycles. The third-order valence-electron chi connectivity index (χ3n) is 3.38. The van der Waals surface area contributed by atoms with Crippen LogP contribution in [0.15, 0.2) is 24.3 Å². The molecular formula is C14H19NO7S. The lowest BCUT2D eigenvalue weighted by atomic mass is 9.99. The quantitative estimate of drug-likeness (QED) is 0.367. The second kappa shape index (κ2) is 7.95. The highest BCUT2D eigenvalue weighted by atomic mass is 32.1. The standard InChI is InChI=1S/C14H19NO7S/c16-5-9-11(18)12(19)13(20)14(22-9)21-8-3-1-7(2-4-8)15-10(17)6-23/h1-4,9,11-14,16,18-20,23H,5-6H2,(H,15,17)/t9-,11+,12+,13-,14+/m1/s1. The predicted molar refractivity (Wildman–Crippen MR) is 83.3 cm³/mol. The Balaban J connectivity index is 2.01. The van der Waals surface area contributed by atoms with Crippen LogP contribution in [0.4, 0.5) is 5.69 Å². The molecule has 1 aromatic carbocycles. The van der Waals surface area contributed by atoms with Crippen LogP contribution in [0.2, 0.25) is 0 Å². The van der Waals surface area contributed by atoms with Crippen LogP contribution in [0.25, 0.3) is 0 Å². The zero-order valence-electron chi connectivity index (χ0n) is 12.1. The summed E-state index contributed by atoms with van der Waals surface area (Å²) < 4.78 is 10.7. The lowest BCUT2D eigenvalue weighted by Crippen LogP contribution is -2.60. The van der Waals surface area contributed by atoms with Crippen LogP contribution in [0.1, 0.15) is 0 Å². The summed E-state index contributed by atoms with van der Waals surface area (Å²) in [5.41, 5.74) is 0.546. The van der Waals surface area contributed by atoms with Crippen molar-refractivity contribution in [2.45, 2.75) is 30.7 Å². The van der Waals surface area contributed by atoms with E-state index in [1.165, 1.54) is 12.1 Å². The number of carbonyl (C=O) groups excluding carboxylic acids is 1. The Bertz CT molecular complexity index is 524. The van der Waals surface area contributed by atoms with Crippen molar-refractivity contribution in [2.24, 2.45) is 0 Å². The van der Waals surface area contributed by atoms with Gasteiger partial charge < -0.3 is 35.2 Å². The molecule has 1 aliphatic heterocycles. The molecule has 5 atom stereocenters. The van der Waals surface area contributed by atoms with Gasteiger partial charge in [0, 0.05) is 5.69 Å². The summed E-state index contributed by atoms with van der Waals surface area (Å²) >= 11 is 3.85. The molecule has 0 bridgehead atoms. The maximum atomic E-state index is 11.2. The number of anilines is 1. The molecule has 0 radical (unpaired) electrons. The second-order valence-corrected chi connectivity index (χ2v) is 5.36. The van der Waals surface area contributed by atoms with Gasteiger partial charge in [0.1, 0.15) is 30.2 Å². The van der Waals surface area contributed by atoms with E-state index in [2.05, 4.69) is 17.9 Å². The van der Waals surface area contributed by atoms with Gasteiger partial charge in [0.15, 0.2) is 0 Å². The molecule has 1 heterocycles. The smallest absolute Gasteiger partial charge is 0.234 e. The van der Waals surface area contributed by atoms with E-state index in [1.54, 1.807) is 12.1 Å². The molecule has 9 heteroatoms. The summed E-state index contributed by atoms with van der Waals surface area (Å²) in [6.45, 7) is -0.528. The summed E-state index contributed by atoms with van der Waals surface area (Å²) in [7, 11) is 0. The van der Waals surface area contributed by atoms with Gasteiger partial charge in [0.05, 0.1) is 12.4 Å². The van der Waals surface area contributed by atoms with Crippen LogP contribution in [0.5, 0.6) is 5.75 Å². The number of aliphatic hydroxyl groups excluding tert-OH is 4. The van der Waals surface area contributed by atoms with Crippen LogP contribution in [0, 0.1) is 0 Å². The van der Waals surface area contributed by atoms with Gasteiger partial charge >= 0.3 is 0 Å². The zero-order chi connectivity index (χ0) is 17.0. The zero-order valence-corrected chi connectivity index (χ0v) is 13.0. The molecule has 0 spiro atoms. The summed E-state index contributed by atoms with van der Waals surface area (Å²) in [6, 6.07) is 6.24. The van der Waals surface area contributed by atoms with Gasteiger partial charge in [-0.05, 0) is 24.3 Å². The Morgan fingerprint density at radius 2 is 1.83 bits per heavy atom. The number of carbonyl (C=O) groups is 1. The Labute approximate surface area is 138 Å². The minimum atomic E-state index is -1.50. The SMILES string of the molecule is O=C(CS)Nc1ccc(O[C@H]2O[C@H](CO)[C@H](O)[C@H](O)[C@H]2O)cc1. The van der Waals surface area contributed by atoms with Gasteiger partial charge in [-0.3, -0.25) is 4.79 Å². The first-order valence-corrected chi connectivity index (χ1v) is 7.57. The van der Waals surface area contributed by atoms with Crippen molar-refractivity contribution in [1.82, 2.24) is 0 Å². The highest BCUT2D eigenvalue weighted by Gasteiger charge is 2.44. The van der Waals surface area contributed by atoms with E-state index in [0.717, 1.165) is 0 Å². The van der Waals surface area contributed by atoms with Crippen LogP contribution < -0.4 is 10.1 Å². The number of hydrogen-bond donors (Lipinski definition) is 6. The molecule has 0 saturated carbocycles. The van der Waals surface area contributed by atoms with E-state index in [9.17, 15) is 20.1 Å². The van der Waals surface area contributed by atoms with Gasteiger partial charge in [-0.15, -0.1) is 0 Å². The maximum Gasteiger partial charge on any atom is 0.234 e. The number of hydrogen-bond acceptors (Lipinski definition) is 8. The highest BCUT2D eigenvalue weighted by Crippen LogP contribution is 2.25. The van der Waals surface area contributed by atoms with Crippen molar-refractivity contribution in [3.05, 3.63) is 24.3 Å². The Hall–Kier alpha value is -1.36. The number of rotatable bonds is 5. The fourth-order valence-corrected chi connectivity index (χ4v) is 2.20. The van der Waals surface area contributed by atoms with Crippen molar-refractivity contribution in [2.75, 3.05) is 17.7 Å². The fraction of sp³-hybridized carbons (Fsp3) is 0.500. The molecule has 2 rings (SSSR count). The van der Waals surface area contributed by atoms with E-state index in [1.807, 2.05) is 0 Å². The molecule has 23 heavy (non-hydrogen) atoms. The number of ether oxygens (including phenoxy) is 2. The average Bonchev–Trinajstić information content (AvgIpc) is 2.56. The van der Waals surface area contributed by atoms with Crippen molar-refractivity contribution in [3.8, 4) is 5.75 Å². The van der Waals surface area contributed by atoms with Crippen molar-refractivity contribution >= 4 is 24.2 Å². The first-order valence-electron chi connectivity index (χ1n) is 6.94. The summed E-state index contributed by atoms with van der Waals surface area (Å²) in [5.74, 6) is 0.123. The Kier molecular flexibility index (Phi) is 6.22. The monoisotopic (exact) mass is 345 g/mol. The van der Waals surface area contributed by atoms with Crippen molar-refractivity contribution in [3.63, 3.8) is 0 Å². The van der Waals surface area contributed by atoms with Gasteiger partial charge in [0.2, 0.25) is 12.2 Å². The molecule has 128 valence electrons. The normalized spacial score (nSPS) is 30.7. The lowest BCUT2D eigenvalue weighted by Gasteiger charge is -2.39. The third kappa shape index (κ3) is 4.34. The topological polar surface area (TPSA) is 128 Å². The maximum absolute atomic E-state index is 11.2. The van der Waals surface area contributed by atoms with Gasteiger partial charge in [0.25, 0.3) is 0 Å². The Morgan fingerprint density at radius 1 is 1.17 bits per heavy atom. The minimum absolute atomic E-state index is 0.0587. The van der Waals surface area contributed by atoms with Crippen LogP contribution >= 0.6 is 12.6 Å². The van der Waals surface area contributed by atoms with Crippen molar-refractivity contribution < 1.29 is 34.7 Å². The molecule has 1 aliphatic rings. The van der Waals surface area contributed by atoms with Crippen LogP contribution in [-0.4, -0.2) is 69.4 Å². The molecule has 1 fully saturated rings. The van der Waals surface area contributed by atoms with E-state index >= 15 is 0 Å². The molecule has 1 aromatic rings. The molecule has 1 amide bonds. The predicted octanol–water partition coefficient (Wildman–Crippen LogP) is -1.27. The third-order valence-corrected chi connectivity index (χ3v) is 3.67. The van der Waals surface area contributed by atoms with E-state index in [-0.39, 0.29) is 11.7 Å². The number of aliphatic hydroxyl groups is 4. The van der Waals surface area contributed by atoms with E-state index in [0.29, 0.717) is 11.4 Å². The molecular weight excluding hydrogens is 326 g/mol. The summed E-state index contributed by atoms with van der Waals surface area (Å²) in [6.07, 6.45) is -6.69. The number of nitrogens with one attached hydrogen (secondary N) is 1. The summed E-state index contributed by atoms with van der Waals surface area (Å²) in [4.78, 5) is 11.2. The van der Waals surface area contributed by atoms with E-state index in [4.69, 9.17) is 14.6 Å². The van der Waals surface area contributed by atoms with Gasteiger partial charge in [-0.2, -0.15) is 12.6 Å². The molecule has 1 saturated heterocycles. The number of amides is 1. The molecule has 5 N–H and O–H groups in total. The van der Waals surface area contributed by atoms with Gasteiger partial charge in [-0.1, -0.05) is 0 Å². The van der Waals surface area contributed by atoms with Crippen LogP contribution in [-0.2, 0) is 9.53 Å². The molecule has 8 nitrogen and oxygen atoms in total. The number of benzene rings is 1. The highest BCUT2D eigenvalue weighted by molar-refractivity contribution is 7.81. The van der Waals surface area contributed by atoms with Crippen LogP contribution in [0.3, 0.4) is 0 Å². The number of thiol groups is 1. The average molecular weight is 345 g/mol.